The summed E-state index contributed by atoms with van der Waals surface area (Å²) in [6.07, 6.45) is 2.27. The van der Waals surface area contributed by atoms with E-state index < -0.39 is 42.8 Å². The van der Waals surface area contributed by atoms with E-state index in [0.717, 1.165) is 5.16 Å². The second-order valence-electron chi connectivity index (χ2n) is 10.2. The third-order valence-electron chi connectivity index (χ3n) is 3.45. The zero-order valence-corrected chi connectivity index (χ0v) is 21.9. The maximum atomic E-state index is 6.26. The average molecular weight is 437 g/mol. The van der Waals surface area contributed by atoms with Crippen molar-refractivity contribution < 1.29 is 4.43 Å². The molecule has 0 unspecified atom stereocenters. The summed E-state index contributed by atoms with van der Waals surface area (Å²) in [6.45, 7) is 22.2. The first-order valence-corrected chi connectivity index (χ1v) is 28.4. The van der Waals surface area contributed by atoms with Crippen LogP contribution in [0.5, 0.6) is 0 Å². The molecular formula is C15H38OSi3Sn. The molecule has 0 saturated carbocycles. The van der Waals surface area contributed by atoms with Gasteiger partial charge in [0.05, 0.1) is 0 Å². The van der Waals surface area contributed by atoms with Crippen molar-refractivity contribution in [2.75, 3.05) is 0 Å². The first-order chi connectivity index (χ1) is 8.46. The van der Waals surface area contributed by atoms with Crippen molar-refractivity contribution in [1.82, 2.24) is 0 Å². The molecule has 0 rings (SSSR count). The third-order valence-corrected chi connectivity index (χ3v) is 21.3. The van der Waals surface area contributed by atoms with Gasteiger partial charge in [-0.1, -0.05) is 0 Å². The van der Waals surface area contributed by atoms with Crippen LogP contribution in [0.25, 0.3) is 0 Å². The van der Waals surface area contributed by atoms with Crippen LogP contribution in [0.1, 0.15) is 0 Å². The Balaban J connectivity index is 5.84. The second kappa shape index (κ2) is 6.62. The zero-order valence-electron chi connectivity index (χ0n) is 16.1. The first kappa shape index (κ1) is 21.0. The average Bonchev–Trinajstić information content (AvgIpc) is 2.03. The van der Waals surface area contributed by atoms with Crippen LogP contribution in [-0.4, -0.2) is 42.8 Å². The van der Waals surface area contributed by atoms with E-state index in [0.29, 0.717) is 0 Å². The Hall–Kier alpha value is 0.989. The maximum absolute atomic E-state index is 6.26. The summed E-state index contributed by atoms with van der Waals surface area (Å²) in [5.41, 5.74) is 0. The Bertz CT molecular complexity index is 337. The fourth-order valence-corrected chi connectivity index (χ4v) is 33.2. The monoisotopic (exact) mass is 438 g/mol. The van der Waals surface area contributed by atoms with E-state index >= 15 is 0 Å². The minimum atomic E-state index is -2.13. The van der Waals surface area contributed by atoms with Crippen LogP contribution in [0, 0.1) is 0 Å². The molecule has 120 valence electrons. The number of allylic oxidation sites excluding steroid dienone is 1. The number of hydrogen-bond acceptors (Lipinski definition) is 1. The molecule has 0 aliphatic rings. The van der Waals surface area contributed by atoms with Crippen molar-refractivity contribution in [3.8, 4) is 0 Å². The van der Waals surface area contributed by atoms with Crippen LogP contribution < -0.4 is 0 Å². The number of rotatable bonds is 6. The molecule has 0 atom stereocenters. The van der Waals surface area contributed by atoms with Crippen molar-refractivity contribution >= 4 is 42.8 Å². The zero-order chi connectivity index (χ0) is 16.6. The molecule has 0 heterocycles. The molecule has 5 heteroatoms. The van der Waals surface area contributed by atoms with Gasteiger partial charge in [0, 0.05) is 0 Å². The van der Waals surface area contributed by atoms with Gasteiger partial charge in [0.2, 0.25) is 0 Å². The van der Waals surface area contributed by atoms with Crippen LogP contribution in [0.15, 0.2) is 9.85 Å². The summed E-state index contributed by atoms with van der Waals surface area (Å²) in [6, 6.07) is 0. The predicted octanol–water partition coefficient (Wildman–Crippen LogP) is 6.19. The standard InChI is InChI=1S/C12H29OSi3.3CH3.Sn/c1-14(2,3)12(15(4,5)6)10-11-13-16(7,8)9;;;;/h11-12H,1-9H3;3*1H3;. The van der Waals surface area contributed by atoms with E-state index in [1.54, 1.807) is 3.59 Å². The van der Waals surface area contributed by atoms with E-state index in [1.807, 2.05) is 0 Å². The van der Waals surface area contributed by atoms with E-state index in [-0.39, 0.29) is 0 Å². The Morgan fingerprint density at radius 2 is 1.15 bits per heavy atom. The Kier molecular flexibility index (Phi) is 6.95. The second-order valence-corrected chi connectivity index (χ2v) is 40.4. The van der Waals surface area contributed by atoms with Gasteiger partial charge < -0.3 is 0 Å². The van der Waals surface area contributed by atoms with Crippen LogP contribution in [-0.2, 0) is 4.43 Å². The summed E-state index contributed by atoms with van der Waals surface area (Å²) in [5, 5.41) is 0.863. The summed E-state index contributed by atoms with van der Waals surface area (Å²) in [7, 11) is -3.89. The van der Waals surface area contributed by atoms with Gasteiger partial charge in [-0.25, -0.2) is 0 Å². The Labute approximate surface area is 135 Å². The third kappa shape index (κ3) is 7.31. The first-order valence-electron chi connectivity index (χ1n) is 7.84. The molecule has 0 bridgehead atoms. The summed E-state index contributed by atoms with van der Waals surface area (Å²) in [4.78, 5) is 7.67. The van der Waals surface area contributed by atoms with Gasteiger partial charge in [-0.2, -0.15) is 0 Å². The van der Waals surface area contributed by atoms with E-state index in [4.69, 9.17) is 4.43 Å². The quantitative estimate of drug-likeness (QED) is 0.356. The SMILES string of the molecule is C[Si](C)(C)O/C=[C](\C([Si](C)(C)C)[Si](C)(C)C)[Sn]([CH3])([CH3])[CH3]. The molecule has 0 fully saturated rings. The fourth-order valence-electron chi connectivity index (χ4n) is 3.15. The molecule has 0 spiro atoms. The normalized spacial score (nSPS) is 15.8. The predicted molar refractivity (Wildman–Crippen MR) is 106 cm³/mol. The minimum absolute atomic E-state index is 0.863. The molecule has 0 radical (unpaired) electrons. The van der Waals surface area contributed by atoms with Crippen molar-refractivity contribution in [3.63, 3.8) is 0 Å². The van der Waals surface area contributed by atoms with E-state index in [2.05, 4.69) is 80.0 Å². The molecule has 0 aromatic carbocycles. The van der Waals surface area contributed by atoms with Crippen LogP contribution in [0.3, 0.4) is 0 Å². The number of hydrogen-bond donors (Lipinski definition) is 0. The van der Waals surface area contributed by atoms with Gasteiger partial charge in [0.25, 0.3) is 0 Å². The van der Waals surface area contributed by atoms with Crippen molar-refractivity contribution in [1.29, 1.82) is 0 Å². The van der Waals surface area contributed by atoms with Crippen LogP contribution >= 0.6 is 0 Å². The molecule has 0 aromatic rings. The van der Waals surface area contributed by atoms with Gasteiger partial charge in [0.1, 0.15) is 0 Å². The molecule has 0 saturated heterocycles. The van der Waals surface area contributed by atoms with Crippen LogP contribution in [0.2, 0.25) is 78.9 Å². The van der Waals surface area contributed by atoms with Gasteiger partial charge in [0.15, 0.2) is 0 Å². The molecule has 20 heavy (non-hydrogen) atoms. The fraction of sp³-hybridized carbons (Fsp3) is 0.867. The van der Waals surface area contributed by atoms with E-state index in [9.17, 15) is 0 Å². The molecule has 0 N–H and O–H groups in total. The summed E-state index contributed by atoms with van der Waals surface area (Å²) in [5.74, 6) is 0. The van der Waals surface area contributed by atoms with Gasteiger partial charge in [-0.05, 0) is 0 Å². The Morgan fingerprint density at radius 3 is 1.35 bits per heavy atom. The van der Waals surface area contributed by atoms with Crippen molar-refractivity contribution in [3.05, 3.63) is 9.85 Å². The Morgan fingerprint density at radius 1 is 0.800 bits per heavy atom. The van der Waals surface area contributed by atoms with Crippen molar-refractivity contribution in [2.24, 2.45) is 0 Å². The van der Waals surface area contributed by atoms with Gasteiger partial charge >= 0.3 is 136 Å². The van der Waals surface area contributed by atoms with Crippen molar-refractivity contribution in [2.45, 2.75) is 78.9 Å². The van der Waals surface area contributed by atoms with Gasteiger partial charge in [-0.15, -0.1) is 0 Å². The summed E-state index contributed by atoms with van der Waals surface area (Å²) < 4.78 is 8.04. The van der Waals surface area contributed by atoms with Gasteiger partial charge in [-0.3, -0.25) is 0 Å². The summed E-state index contributed by atoms with van der Waals surface area (Å²) >= 11 is -2.13. The molecule has 0 aromatic heterocycles. The topological polar surface area (TPSA) is 9.23 Å². The molecule has 0 aliphatic heterocycles. The molecule has 0 aliphatic carbocycles. The van der Waals surface area contributed by atoms with E-state index in [1.165, 1.54) is 0 Å². The molecule has 1 nitrogen and oxygen atoms in total. The van der Waals surface area contributed by atoms with Crippen LogP contribution in [0.4, 0.5) is 0 Å². The molecule has 0 amide bonds. The molecular weight excluding hydrogens is 399 g/mol.